The van der Waals surface area contributed by atoms with Crippen LogP contribution in [0.3, 0.4) is 0 Å². The summed E-state index contributed by atoms with van der Waals surface area (Å²) in [5, 5.41) is 3.43. The first-order chi connectivity index (χ1) is 7.27. The Labute approximate surface area is 91.8 Å². The maximum atomic E-state index is 5.42. The quantitative estimate of drug-likeness (QED) is 0.752. The SMILES string of the molecule is CCNC(CC(C)COC)c1ccco1. The number of rotatable bonds is 7. The van der Waals surface area contributed by atoms with Crippen LogP contribution in [-0.4, -0.2) is 20.3 Å². The number of nitrogens with one attached hydrogen (secondary N) is 1. The first-order valence-corrected chi connectivity index (χ1v) is 5.53. The molecule has 0 radical (unpaired) electrons. The van der Waals surface area contributed by atoms with Gasteiger partial charge in [0.05, 0.1) is 12.3 Å². The Morgan fingerprint density at radius 2 is 2.33 bits per heavy atom. The molecule has 1 rings (SSSR count). The highest BCUT2D eigenvalue weighted by atomic mass is 16.5. The van der Waals surface area contributed by atoms with Gasteiger partial charge in [0.25, 0.3) is 0 Å². The van der Waals surface area contributed by atoms with Gasteiger partial charge in [-0.3, -0.25) is 0 Å². The molecule has 0 aliphatic heterocycles. The van der Waals surface area contributed by atoms with Crippen molar-refractivity contribution >= 4 is 0 Å². The summed E-state index contributed by atoms with van der Waals surface area (Å²) < 4.78 is 10.6. The summed E-state index contributed by atoms with van der Waals surface area (Å²) >= 11 is 0. The normalized spacial score (nSPS) is 15.1. The van der Waals surface area contributed by atoms with Gasteiger partial charge in [-0.15, -0.1) is 0 Å². The molecule has 2 unspecified atom stereocenters. The van der Waals surface area contributed by atoms with Crippen LogP contribution in [-0.2, 0) is 4.74 Å². The molecule has 0 amide bonds. The van der Waals surface area contributed by atoms with E-state index in [9.17, 15) is 0 Å². The lowest BCUT2D eigenvalue weighted by atomic mass is 10.0. The van der Waals surface area contributed by atoms with Gasteiger partial charge in [0.15, 0.2) is 0 Å². The van der Waals surface area contributed by atoms with Gasteiger partial charge < -0.3 is 14.5 Å². The van der Waals surface area contributed by atoms with Gasteiger partial charge in [-0.25, -0.2) is 0 Å². The second-order valence-corrected chi connectivity index (χ2v) is 3.92. The van der Waals surface area contributed by atoms with Crippen molar-refractivity contribution in [2.75, 3.05) is 20.3 Å². The molecule has 0 aromatic carbocycles. The topological polar surface area (TPSA) is 34.4 Å². The van der Waals surface area contributed by atoms with E-state index in [2.05, 4.69) is 19.2 Å². The van der Waals surface area contributed by atoms with Crippen LogP contribution in [0.4, 0.5) is 0 Å². The molecule has 1 aromatic rings. The first-order valence-electron chi connectivity index (χ1n) is 5.53. The molecule has 0 aliphatic carbocycles. The van der Waals surface area contributed by atoms with E-state index in [1.54, 1.807) is 13.4 Å². The van der Waals surface area contributed by atoms with Crippen molar-refractivity contribution in [2.24, 2.45) is 5.92 Å². The Balaban J connectivity index is 2.51. The van der Waals surface area contributed by atoms with Crippen molar-refractivity contribution in [3.63, 3.8) is 0 Å². The highest BCUT2D eigenvalue weighted by molar-refractivity contribution is 5.04. The van der Waals surface area contributed by atoms with Crippen molar-refractivity contribution in [2.45, 2.75) is 26.3 Å². The van der Waals surface area contributed by atoms with Crippen LogP contribution in [0, 0.1) is 5.92 Å². The van der Waals surface area contributed by atoms with E-state index in [-0.39, 0.29) is 0 Å². The minimum absolute atomic E-state index is 0.301. The molecule has 0 fully saturated rings. The fourth-order valence-electron chi connectivity index (χ4n) is 1.79. The van der Waals surface area contributed by atoms with E-state index in [0.29, 0.717) is 12.0 Å². The second-order valence-electron chi connectivity index (χ2n) is 3.92. The Bertz CT molecular complexity index is 246. The van der Waals surface area contributed by atoms with Crippen LogP contribution in [0.5, 0.6) is 0 Å². The predicted octanol–water partition coefficient (Wildman–Crippen LogP) is 2.60. The molecule has 1 heterocycles. The molecule has 1 aromatic heterocycles. The lowest BCUT2D eigenvalue weighted by Gasteiger charge is -2.19. The molecule has 0 saturated carbocycles. The van der Waals surface area contributed by atoms with Crippen molar-refractivity contribution in [3.8, 4) is 0 Å². The summed E-state index contributed by atoms with van der Waals surface area (Å²) in [7, 11) is 1.74. The Morgan fingerprint density at radius 3 is 2.87 bits per heavy atom. The summed E-state index contributed by atoms with van der Waals surface area (Å²) in [5.74, 6) is 1.55. The van der Waals surface area contributed by atoms with Gasteiger partial charge in [0.1, 0.15) is 5.76 Å². The van der Waals surface area contributed by atoms with Crippen molar-refractivity contribution in [1.82, 2.24) is 5.32 Å². The molecular formula is C12H21NO2. The van der Waals surface area contributed by atoms with E-state index in [1.807, 2.05) is 12.1 Å². The Morgan fingerprint density at radius 1 is 1.53 bits per heavy atom. The highest BCUT2D eigenvalue weighted by Gasteiger charge is 2.16. The molecule has 86 valence electrons. The van der Waals surface area contributed by atoms with E-state index in [4.69, 9.17) is 9.15 Å². The standard InChI is InChI=1S/C12H21NO2/c1-4-13-11(8-10(2)9-14-3)12-6-5-7-15-12/h5-7,10-11,13H,4,8-9H2,1-3H3. The summed E-state index contributed by atoms with van der Waals surface area (Å²) in [5.41, 5.74) is 0. The van der Waals surface area contributed by atoms with E-state index < -0.39 is 0 Å². The first kappa shape index (κ1) is 12.3. The monoisotopic (exact) mass is 211 g/mol. The third kappa shape index (κ3) is 4.06. The van der Waals surface area contributed by atoms with Gasteiger partial charge in [0.2, 0.25) is 0 Å². The maximum absolute atomic E-state index is 5.42. The van der Waals surface area contributed by atoms with Crippen LogP contribution < -0.4 is 5.32 Å². The lowest BCUT2D eigenvalue weighted by Crippen LogP contribution is -2.23. The number of ether oxygens (including phenoxy) is 1. The average Bonchev–Trinajstić information content (AvgIpc) is 2.70. The molecule has 0 aliphatic rings. The van der Waals surface area contributed by atoms with Gasteiger partial charge in [0, 0.05) is 13.7 Å². The molecule has 2 atom stereocenters. The van der Waals surface area contributed by atoms with E-state index in [1.165, 1.54) is 0 Å². The van der Waals surface area contributed by atoms with Crippen LogP contribution >= 0.6 is 0 Å². The molecule has 15 heavy (non-hydrogen) atoms. The predicted molar refractivity (Wildman–Crippen MR) is 60.8 cm³/mol. The zero-order valence-corrected chi connectivity index (χ0v) is 9.82. The second kappa shape index (κ2) is 6.64. The zero-order chi connectivity index (χ0) is 11.1. The molecule has 1 N–H and O–H groups in total. The zero-order valence-electron chi connectivity index (χ0n) is 9.82. The fraction of sp³-hybridized carbons (Fsp3) is 0.667. The third-order valence-electron chi connectivity index (χ3n) is 2.43. The van der Waals surface area contributed by atoms with Gasteiger partial charge in [-0.1, -0.05) is 13.8 Å². The van der Waals surface area contributed by atoms with Crippen LogP contribution in [0.2, 0.25) is 0 Å². The summed E-state index contributed by atoms with van der Waals surface area (Å²) in [6, 6.07) is 4.25. The fourth-order valence-corrected chi connectivity index (χ4v) is 1.79. The van der Waals surface area contributed by atoms with Crippen LogP contribution in [0.15, 0.2) is 22.8 Å². The number of methoxy groups -OCH3 is 1. The Kier molecular flexibility index (Phi) is 5.43. The smallest absolute Gasteiger partial charge is 0.120 e. The molecule has 0 spiro atoms. The van der Waals surface area contributed by atoms with E-state index in [0.717, 1.165) is 25.3 Å². The number of hydrogen-bond acceptors (Lipinski definition) is 3. The molecule has 3 heteroatoms. The molecule has 0 bridgehead atoms. The van der Waals surface area contributed by atoms with Gasteiger partial charge in [-0.2, -0.15) is 0 Å². The maximum Gasteiger partial charge on any atom is 0.120 e. The van der Waals surface area contributed by atoms with Crippen LogP contribution in [0.25, 0.3) is 0 Å². The minimum atomic E-state index is 0.301. The minimum Gasteiger partial charge on any atom is -0.468 e. The van der Waals surface area contributed by atoms with Gasteiger partial charge in [-0.05, 0) is 31.0 Å². The number of furan rings is 1. The highest BCUT2D eigenvalue weighted by Crippen LogP contribution is 2.21. The molecule has 3 nitrogen and oxygen atoms in total. The van der Waals surface area contributed by atoms with Crippen molar-refractivity contribution in [3.05, 3.63) is 24.2 Å². The van der Waals surface area contributed by atoms with Crippen molar-refractivity contribution in [1.29, 1.82) is 0 Å². The van der Waals surface area contributed by atoms with Gasteiger partial charge >= 0.3 is 0 Å². The molecule has 0 saturated heterocycles. The van der Waals surface area contributed by atoms with Crippen molar-refractivity contribution < 1.29 is 9.15 Å². The third-order valence-corrected chi connectivity index (χ3v) is 2.43. The van der Waals surface area contributed by atoms with E-state index >= 15 is 0 Å². The average molecular weight is 211 g/mol. The summed E-state index contributed by atoms with van der Waals surface area (Å²) in [6.45, 7) is 6.04. The van der Waals surface area contributed by atoms with Crippen LogP contribution in [0.1, 0.15) is 32.1 Å². The lowest BCUT2D eigenvalue weighted by molar-refractivity contribution is 0.147. The summed E-state index contributed by atoms with van der Waals surface area (Å²) in [6.07, 6.45) is 2.76. The number of hydrogen-bond donors (Lipinski definition) is 1. The largest absolute Gasteiger partial charge is 0.468 e. The Hall–Kier alpha value is -0.800. The summed E-state index contributed by atoms with van der Waals surface area (Å²) in [4.78, 5) is 0. The molecular weight excluding hydrogens is 190 g/mol.